The van der Waals surface area contributed by atoms with Gasteiger partial charge in [0, 0.05) is 24.5 Å². The number of aromatic hydroxyl groups is 1. The molecule has 0 bridgehead atoms. The van der Waals surface area contributed by atoms with Crippen LogP contribution in [0.2, 0.25) is 0 Å². The van der Waals surface area contributed by atoms with Gasteiger partial charge in [-0.2, -0.15) is 0 Å². The first-order valence-corrected chi connectivity index (χ1v) is 6.85. The van der Waals surface area contributed by atoms with E-state index >= 15 is 0 Å². The van der Waals surface area contributed by atoms with Crippen molar-refractivity contribution < 1.29 is 19.9 Å². The van der Waals surface area contributed by atoms with E-state index in [4.69, 9.17) is 0 Å². The van der Waals surface area contributed by atoms with E-state index in [0.717, 1.165) is 29.4 Å². The second-order valence-corrected chi connectivity index (χ2v) is 5.28. The average Bonchev–Trinajstić information content (AvgIpc) is 2.76. The summed E-state index contributed by atoms with van der Waals surface area (Å²) >= 11 is 0. The third-order valence-corrected chi connectivity index (χ3v) is 3.39. The third-order valence-electron chi connectivity index (χ3n) is 3.39. The molecule has 1 heterocycles. The number of phenolic OH excluding ortho intramolecular Hbond substituents is 1. The zero-order valence-corrected chi connectivity index (χ0v) is 12.2. The number of hydrogen-bond donors (Lipinski definition) is 2. The highest BCUT2D eigenvalue weighted by Crippen LogP contribution is 2.29. The van der Waals surface area contributed by atoms with Crippen molar-refractivity contribution in [2.24, 2.45) is 0 Å². The SMILES string of the molecule is C[NH+](C)CCc1cn(CCO[N+](=O)[O-])c2cccc(O)c12. The van der Waals surface area contributed by atoms with Crippen molar-refractivity contribution in [3.8, 4) is 5.75 Å². The maximum absolute atomic E-state index is 10.2. The van der Waals surface area contributed by atoms with Gasteiger partial charge in [0.15, 0.2) is 0 Å². The number of quaternary nitrogens is 1. The van der Waals surface area contributed by atoms with Crippen molar-refractivity contribution in [2.45, 2.75) is 13.0 Å². The minimum atomic E-state index is -0.792. The fraction of sp³-hybridized carbons (Fsp3) is 0.429. The van der Waals surface area contributed by atoms with Crippen LogP contribution in [0.5, 0.6) is 5.75 Å². The number of nitrogens with zero attached hydrogens (tertiary/aromatic N) is 2. The summed E-state index contributed by atoms with van der Waals surface area (Å²) in [6, 6.07) is 5.32. The summed E-state index contributed by atoms with van der Waals surface area (Å²) in [5.41, 5.74) is 1.91. The second kappa shape index (κ2) is 6.45. The Morgan fingerprint density at radius 1 is 1.43 bits per heavy atom. The van der Waals surface area contributed by atoms with Crippen LogP contribution in [0.4, 0.5) is 0 Å². The van der Waals surface area contributed by atoms with E-state index in [-0.39, 0.29) is 12.4 Å². The van der Waals surface area contributed by atoms with Gasteiger partial charge in [-0.1, -0.05) is 6.07 Å². The first-order valence-electron chi connectivity index (χ1n) is 6.85. The molecule has 0 fully saturated rings. The quantitative estimate of drug-likeness (QED) is 0.566. The Kier molecular flexibility index (Phi) is 4.64. The molecule has 1 aromatic heterocycles. The number of aromatic nitrogens is 1. The molecule has 2 rings (SSSR count). The normalized spacial score (nSPS) is 11.2. The van der Waals surface area contributed by atoms with Gasteiger partial charge in [0.1, 0.15) is 12.4 Å². The summed E-state index contributed by atoms with van der Waals surface area (Å²) in [5.74, 6) is 0.241. The molecule has 21 heavy (non-hydrogen) atoms. The molecule has 0 saturated carbocycles. The number of likely N-dealkylation sites (N-methyl/N-ethyl adjacent to an activating group) is 1. The number of hydrogen-bond acceptors (Lipinski definition) is 4. The van der Waals surface area contributed by atoms with Crippen molar-refractivity contribution >= 4 is 10.9 Å². The average molecular weight is 294 g/mol. The Hall–Kier alpha value is -2.28. The molecule has 0 radical (unpaired) electrons. The van der Waals surface area contributed by atoms with E-state index in [1.807, 2.05) is 16.8 Å². The zero-order chi connectivity index (χ0) is 15.4. The molecule has 1 aromatic carbocycles. The van der Waals surface area contributed by atoms with Gasteiger partial charge in [0.2, 0.25) is 0 Å². The van der Waals surface area contributed by atoms with Crippen molar-refractivity contribution in [1.29, 1.82) is 0 Å². The lowest BCUT2D eigenvalue weighted by Crippen LogP contribution is -3.05. The lowest BCUT2D eigenvalue weighted by atomic mass is 10.1. The summed E-state index contributed by atoms with van der Waals surface area (Å²) < 4.78 is 1.89. The van der Waals surface area contributed by atoms with Crippen molar-refractivity contribution in [3.05, 3.63) is 40.1 Å². The first kappa shape index (κ1) is 15.1. The molecule has 7 heteroatoms. The van der Waals surface area contributed by atoms with E-state index in [1.165, 1.54) is 4.90 Å². The van der Waals surface area contributed by atoms with Crippen molar-refractivity contribution in [3.63, 3.8) is 0 Å². The predicted molar refractivity (Wildman–Crippen MR) is 77.9 cm³/mol. The molecule has 0 spiro atoms. The van der Waals surface area contributed by atoms with Gasteiger partial charge in [0.05, 0.1) is 26.2 Å². The van der Waals surface area contributed by atoms with Crippen LogP contribution in [0.1, 0.15) is 5.56 Å². The first-order chi connectivity index (χ1) is 9.99. The number of phenols is 1. The largest absolute Gasteiger partial charge is 0.507 e. The summed E-state index contributed by atoms with van der Waals surface area (Å²) in [5, 5.41) is 20.3. The van der Waals surface area contributed by atoms with E-state index < -0.39 is 5.09 Å². The van der Waals surface area contributed by atoms with E-state index in [0.29, 0.717) is 6.54 Å². The molecule has 114 valence electrons. The second-order valence-electron chi connectivity index (χ2n) is 5.28. The number of rotatable bonds is 7. The fourth-order valence-corrected chi connectivity index (χ4v) is 2.39. The monoisotopic (exact) mass is 294 g/mol. The van der Waals surface area contributed by atoms with Gasteiger partial charge in [0.25, 0.3) is 5.09 Å². The number of nitrogens with one attached hydrogen (secondary N) is 1. The van der Waals surface area contributed by atoms with Crippen LogP contribution >= 0.6 is 0 Å². The summed E-state index contributed by atoms with van der Waals surface area (Å²) in [7, 11) is 4.15. The minimum absolute atomic E-state index is 0.00912. The smallest absolute Gasteiger partial charge is 0.294 e. The zero-order valence-electron chi connectivity index (χ0n) is 12.2. The van der Waals surface area contributed by atoms with Gasteiger partial charge >= 0.3 is 0 Å². The number of benzene rings is 1. The van der Waals surface area contributed by atoms with Gasteiger partial charge in [-0.05, 0) is 17.7 Å². The summed E-state index contributed by atoms with van der Waals surface area (Å²) in [4.78, 5) is 15.9. The molecule has 0 aliphatic rings. The molecular formula is C14H20N3O4+. The topological polar surface area (TPSA) is 82.0 Å². The molecule has 0 amide bonds. The lowest BCUT2D eigenvalue weighted by Gasteiger charge is -2.06. The van der Waals surface area contributed by atoms with Gasteiger partial charge < -0.3 is 19.4 Å². The van der Waals surface area contributed by atoms with E-state index in [9.17, 15) is 15.2 Å². The summed E-state index contributed by atoms with van der Waals surface area (Å²) in [6.07, 6.45) is 2.77. The highest BCUT2D eigenvalue weighted by molar-refractivity contribution is 5.89. The van der Waals surface area contributed by atoms with Crippen LogP contribution in [0, 0.1) is 10.1 Å². The van der Waals surface area contributed by atoms with E-state index in [2.05, 4.69) is 18.9 Å². The predicted octanol–water partition coefficient (Wildman–Crippen LogP) is 0.242. The highest BCUT2D eigenvalue weighted by atomic mass is 16.9. The standard InChI is InChI=1S/C14H19N3O4/c1-15(2)7-6-11-10-16(8-9-21-17(19)20)12-4-3-5-13(18)14(11)12/h3-5,10,18H,6-9H2,1-2H3/p+1. The minimum Gasteiger partial charge on any atom is -0.507 e. The van der Waals surface area contributed by atoms with Gasteiger partial charge in [-0.15, -0.1) is 10.1 Å². The van der Waals surface area contributed by atoms with Crippen molar-refractivity contribution in [1.82, 2.24) is 4.57 Å². The summed E-state index contributed by atoms with van der Waals surface area (Å²) in [6.45, 7) is 1.30. The molecule has 0 aliphatic heterocycles. The Morgan fingerprint density at radius 2 is 2.19 bits per heavy atom. The van der Waals surface area contributed by atoms with E-state index in [1.54, 1.807) is 12.1 Å². The Labute approximate surface area is 122 Å². The molecule has 0 aliphatic carbocycles. The Bertz CT molecular complexity index is 636. The van der Waals surface area contributed by atoms with Gasteiger partial charge in [-0.3, -0.25) is 0 Å². The van der Waals surface area contributed by atoms with Crippen molar-refractivity contribution in [2.75, 3.05) is 27.2 Å². The third kappa shape index (κ3) is 3.63. The molecule has 7 nitrogen and oxygen atoms in total. The van der Waals surface area contributed by atoms with Crippen LogP contribution in [-0.4, -0.2) is 42.0 Å². The molecule has 0 unspecified atom stereocenters. The maximum Gasteiger partial charge on any atom is 0.294 e. The molecule has 2 N–H and O–H groups in total. The maximum atomic E-state index is 10.2. The Balaban J connectivity index is 2.28. The van der Waals surface area contributed by atoms with Crippen LogP contribution in [0.15, 0.2) is 24.4 Å². The van der Waals surface area contributed by atoms with Gasteiger partial charge in [-0.25, -0.2) is 0 Å². The van der Waals surface area contributed by atoms with Crippen LogP contribution in [-0.2, 0) is 17.8 Å². The Morgan fingerprint density at radius 3 is 2.86 bits per heavy atom. The van der Waals surface area contributed by atoms with Crippen LogP contribution in [0.25, 0.3) is 10.9 Å². The van der Waals surface area contributed by atoms with Crippen LogP contribution < -0.4 is 4.90 Å². The molecule has 0 saturated heterocycles. The molecule has 2 aromatic rings. The molecular weight excluding hydrogens is 274 g/mol. The fourth-order valence-electron chi connectivity index (χ4n) is 2.39. The number of fused-ring (bicyclic) bond motifs is 1. The van der Waals surface area contributed by atoms with Crippen LogP contribution in [0.3, 0.4) is 0 Å². The lowest BCUT2D eigenvalue weighted by molar-refractivity contribution is -0.858. The molecule has 0 atom stereocenters. The highest BCUT2D eigenvalue weighted by Gasteiger charge is 2.13.